The first-order valence-electron chi connectivity index (χ1n) is 6.90. The van der Waals surface area contributed by atoms with Crippen LogP contribution in [0.5, 0.6) is 0 Å². The van der Waals surface area contributed by atoms with Crippen molar-refractivity contribution in [3.63, 3.8) is 0 Å². The summed E-state index contributed by atoms with van der Waals surface area (Å²) in [6.45, 7) is 0. The van der Waals surface area contributed by atoms with Crippen LogP contribution in [0.1, 0.15) is 20.0 Å². The Balaban J connectivity index is 1.99. The van der Waals surface area contributed by atoms with E-state index in [1.54, 1.807) is 6.07 Å². The fraction of sp³-hybridized carbons (Fsp3) is 0.0588. The first kappa shape index (κ1) is 16.9. The number of carbonyl (C=O) groups excluding carboxylic acids is 2. The minimum absolute atomic E-state index is 0.237. The van der Waals surface area contributed by atoms with E-state index >= 15 is 0 Å². The smallest absolute Gasteiger partial charge is 0.341 e. The molecule has 0 saturated heterocycles. The number of nitrogens with one attached hydrogen (secondary N) is 1. The van der Waals surface area contributed by atoms with Gasteiger partial charge in [0.2, 0.25) is 0 Å². The van der Waals surface area contributed by atoms with E-state index in [0.717, 1.165) is 15.6 Å². The molecule has 0 aliphatic carbocycles. The van der Waals surface area contributed by atoms with Crippen LogP contribution in [0.2, 0.25) is 0 Å². The maximum atomic E-state index is 12.3. The number of rotatable bonds is 4. The standard InChI is InChI=1S/C17H12BrNO3S2/c1-22-17(21)14-12(10-4-6-11(18)7-5-10)9-24-16(14)19-15(20)13-3-2-8-23-13/h2-9H,1H3,(H,19,20). The second-order valence-corrected chi connectivity index (χ2v) is 7.53. The molecule has 7 heteroatoms. The molecule has 0 aliphatic rings. The molecule has 3 aromatic rings. The van der Waals surface area contributed by atoms with Crippen molar-refractivity contribution in [3.8, 4) is 11.1 Å². The summed E-state index contributed by atoms with van der Waals surface area (Å²) in [6.07, 6.45) is 0. The van der Waals surface area contributed by atoms with Gasteiger partial charge in [0, 0.05) is 15.4 Å². The third-order valence-electron chi connectivity index (χ3n) is 3.31. The summed E-state index contributed by atoms with van der Waals surface area (Å²) in [5, 5.41) is 6.97. The first-order valence-corrected chi connectivity index (χ1v) is 9.46. The van der Waals surface area contributed by atoms with E-state index in [2.05, 4.69) is 21.2 Å². The van der Waals surface area contributed by atoms with E-state index < -0.39 is 5.97 Å². The van der Waals surface area contributed by atoms with Gasteiger partial charge in [-0.05, 0) is 29.1 Å². The van der Waals surface area contributed by atoms with Crippen LogP contribution in [-0.4, -0.2) is 19.0 Å². The Morgan fingerprint density at radius 1 is 1.12 bits per heavy atom. The van der Waals surface area contributed by atoms with Crippen molar-refractivity contribution >= 4 is 55.5 Å². The molecule has 3 rings (SSSR count). The number of anilines is 1. The highest BCUT2D eigenvalue weighted by atomic mass is 79.9. The third-order valence-corrected chi connectivity index (χ3v) is 5.60. The first-order chi connectivity index (χ1) is 11.6. The molecule has 122 valence electrons. The maximum Gasteiger partial charge on any atom is 0.341 e. The minimum Gasteiger partial charge on any atom is -0.465 e. The van der Waals surface area contributed by atoms with Crippen molar-refractivity contribution in [1.82, 2.24) is 0 Å². The number of ether oxygens (including phenoxy) is 1. The third kappa shape index (κ3) is 3.43. The summed E-state index contributed by atoms with van der Waals surface area (Å²) < 4.78 is 5.85. The molecular formula is C17H12BrNO3S2. The van der Waals surface area contributed by atoms with E-state index in [9.17, 15) is 9.59 Å². The highest BCUT2D eigenvalue weighted by Crippen LogP contribution is 2.37. The summed E-state index contributed by atoms with van der Waals surface area (Å²) in [4.78, 5) is 25.1. The number of benzene rings is 1. The predicted octanol–water partition coefficient (Wildman–Crippen LogP) is 5.28. The highest BCUT2D eigenvalue weighted by molar-refractivity contribution is 9.10. The average Bonchev–Trinajstić information content (AvgIpc) is 3.24. The molecule has 0 fully saturated rings. The van der Waals surface area contributed by atoms with E-state index in [4.69, 9.17) is 4.74 Å². The second-order valence-electron chi connectivity index (χ2n) is 4.78. The number of methoxy groups -OCH3 is 1. The van der Waals surface area contributed by atoms with Gasteiger partial charge in [0.15, 0.2) is 0 Å². The van der Waals surface area contributed by atoms with Crippen molar-refractivity contribution < 1.29 is 14.3 Å². The summed E-state index contributed by atoms with van der Waals surface area (Å²) >= 11 is 6.05. The number of thiophene rings is 2. The number of amides is 1. The Kier molecular flexibility index (Phi) is 5.13. The van der Waals surface area contributed by atoms with Crippen molar-refractivity contribution in [2.24, 2.45) is 0 Å². The summed E-state index contributed by atoms with van der Waals surface area (Å²) in [5.41, 5.74) is 1.99. The lowest BCUT2D eigenvalue weighted by molar-refractivity contribution is 0.0603. The zero-order valence-corrected chi connectivity index (χ0v) is 15.8. The second kappa shape index (κ2) is 7.29. The summed E-state index contributed by atoms with van der Waals surface area (Å²) in [5.74, 6) is -0.713. The van der Waals surface area contributed by atoms with Gasteiger partial charge in [-0.25, -0.2) is 4.79 Å². The molecule has 24 heavy (non-hydrogen) atoms. The monoisotopic (exact) mass is 421 g/mol. The number of hydrogen-bond donors (Lipinski definition) is 1. The number of hydrogen-bond acceptors (Lipinski definition) is 5. The van der Waals surface area contributed by atoms with Gasteiger partial charge in [-0.15, -0.1) is 22.7 Å². The lowest BCUT2D eigenvalue weighted by Crippen LogP contribution is -2.13. The van der Waals surface area contributed by atoms with E-state index in [-0.39, 0.29) is 5.91 Å². The van der Waals surface area contributed by atoms with Gasteiger partial charge in [-0.3, -0.25) is 4.79 Å². The van der Waals surface area contributed by atoms with Gasteiger partial charge >= 0.3 is 5.97 Å². The molecule has 0 bridgehead atoms. The fourth-order valence-corrected chi connectivity index (χ4v) is 4.00. The molecule has 4 nitrogen and oxygen atoms in total. The van der Waals surface area contributed by atoms with Crippen molar-refractivity contribution in [1.29, 1.82) is 0 Å². The summed E-state index contributed by atoms with van der Waals surface area (Å²) in [7, 11) is 1.33. The molecule has 0 atom stereocenters. The van der Waals surface area contributed by atoms with Crippen LogP contribution in [0.15, 0.2) is 51.6 Å². The van der Waals surface area contributed by atoms with Crippen LogP contribution < -0.4 is 5.32 Å². The van der Waals surface area contributed by atoms with Crippen LogP contribution in [-0.2, 0) is 4.74 Å². The van der Waals surface area contributed by atoms with E-state index in [1.165, 1.54) is 29.8 Å². The maximum absolute atomic E-state index is 12.3. The molecule has 0 saturated carbocycles. The molecule has 1 aromatic carbocycles. The molecule has 1 amide bonds. The van der Waals surface area contributed by atoms with Gasteiger partial charge in [0.25, 0.3) is 5.91 Å². The van der Waals surface area contributed by atoms with E-state index in [1.807, 2.05) is 41.1 Å². The topological polar surface area (TPSA) is 55.4 Å². The molecule has 2 heterocycles. The lowest BCUT2D eigenvalue weighted by Gasteiger charge is -2.07. The Morgan fingerprint density at radius 3 is 2.50 bits per heavy atom. The van der Waals surface area contributed by atoms with Gasteiger partial charge in [-0.1, -0.05) is 34.1 Å². The van der Waals surface area contributed by atoms with Gasteiger partial charge < -0.3 is 10.1 Å². The van der Waals surface area contributed by atoms with E-state index in [0.29, 0.717) is 15.4 Å². The van der Waals surface area contributed by atoms with Crippen LogP contribution in [0.3, 0.4) is 0 Å². The van der Waals surface area contributed by atoms with Crippen LogP contribution in [0.25, 0.3) is 11.1 Å². The SMILES string of the molecule is COC(=O)c1c(-c2ccc(Br)cc2)csc1NC(=O)c1cccs1. The molecule has 0 radical (unpaired) electrons. The van der Waals surface area contributed by atoms with Crippen molar-refractivity contribution in [3.05, 3.63) is 62.1 Å². The lowest BCUT2D eigenvalue weighted by atomic mass is 10.0. The molecule has 2 aromatic heterocycles. The Bertz CT molecular complexity index is 870. The minimum atomic E-state index is -0.476. The quantitative estimate of drug-likeness (QED) is 0.583. The van der Waals surface area contributed by atoms with Crippen molar-refractivity contribution in [2.75, 3.05) is 12.4 Å². The zero-order chi connectivity index (χ0) is 17.1. The molecule has 1 N–H and O–H groups in total. The number of carbonyl (C=O) groups is 2. The largest absolute Gasteiger partial charge is 0.465 e. The number of halogens is 1. The average molecular weight is 422 g/mol. The van der Waals surface area contributed by atoms with Crippen molar-refractivity contribution in [2.45, 2.75) is 0 Å². The summed E-state index contributed by atoms with van der Waals surface area (Å²) in [6, 6.07) is 11.2. The van der Waals surface area contributed by atoms with Gasteiger partial charge in [-0.2, -0.15) is 0 Å². The molecule has 0 unspecified atom stereocenters. The predicted molar refractivity (Wildman–Crippen MR) is 101 cm³/mol. The fourth-order valence-electron chi connectivity index (χ4n) is 2.17. The van der Waals surface area contributed by atoms with Crippen LogP contribution in [0.4, 0.5) is 5.00 Å². The van der Waals surface area contributed by atoms with Crippen LogP contribution in [0, 0.1) is 0 Å². The highest BCUT2D eigenvalue weighted by Gasteiger charge is 2.22. The number of esters is 1. The Morgan fingerprint density at radius 2 is 1.88 bits per heavy atom. The zero-order valence-electron chi connectivity index (χ0n) is 12.5. The molecular weight excluding hydrogens is 410 g/mol. The molecule has 0 spiro atoms. The normalized spacial score (nSPS) is 10.4. The molecule has 0 aliphatic heterocycles. The van der Waals surface area contributed by atoms with Gasteiger partial charge in [0.1, 0.15) is 10.6 Å². The Labute approximate surface area is 155 Å². The van der Waals surface area contributed by atoms with Gasteiger partial charge in [0.05, 0.1) is 12.0 Å². The van der Waals surface area contributed by atoms with Crippen LogP contribution >= 0.6 is 38.6 Å². The Hall–Kier alpha value is -1.96.